The van der Waals surface area contributed by atoms with E-state index >= 15 is 0 Å². The van der Waals surface area contributed by atoms with Crippen LogP contribution in [0.5, 0.6) is 0 Å². The molecule has 0 unspecified atom stereocenters. The van der Waals surface area contributed by atoms with Crippen LogP contribution in [0.25, 0.3) is 0 Å². The predicted octanol–water partition coefficient (Wildman–Crippen LogP) is -0.321. The van der Waals surface area contributed by atoms with Crippen molar-refractivity contribution in [3.8, 4) is 0 Å². The van der Waals surface area contributed by atoms with Gasteiger partial charge in [-0.15, -0.1) is 0 Å². The highest BCUT2D eigenvalue weighted by molar-refractivity contribution is 5.59. The monoisotopic (exact) mass is 210 g/mol. The smallest absolute Gasteiger partial charge is 0.276 e. The van der Waals surface area contributed by atoms with Crippen LogP contribution in [0.1, 0.15) is 19.3 Å². The molecule has 1 aliphatic carbocycles. The number of hydrogen-bond donors (Lipinski definition) is 4. The van der Waals surface area contributed by atoms with Crippen molar-refractivity contribution >= 4 is 11.5 Å². The molecule has 1 aromatic heterocycles. The maximum atomic E-state index is 11.1. The van der Waals surface area contributed by atoms with E-state index in [-0.39, 0.29) is 11.2 Å². The van der Waals surface area contributed by atoms with Crippen molar-refractivity contribution < 1.29 is 5.11 Å². The predicted molar refractivity (Wildman–Crippen MR) is 56.6 cm³/mol. The van der Waals surface area contributed by atoms with Gasteiger partial charge in [0.15, 0.2) is 5.82 Å². The zero-order chi connectivity index (χ0) is 10.9. The van der Waals surface area contributed by atoms with Crippen molar-refractivity contribution in [3.05, 3.63) is 16.7 Å². The Bertz CT molecular complexity index is 411. The van der Waals surface area contributed by atoms with E-state index in [2.05, 4.69) is 15.3 Å². The number of rotatable bonds is 3. The van der Waals surface area contributed by atoms with Crippen LogP contribution in [0.3, 0.4) is 0 Å². The van der Waals surface area contributed by atoms with Gasteiger partial charge in [-0.05, 0) is 19.3 Å². The van der Waals surface area contributed by atoms with Crippen LogP contribution < -0.4 is 16.6 Å². The SMILES string of the molecule is Nc1c(NCC2(O)CCC2)nc[nH]c1=O. The minimum atomic E-state index is -0.656. The van der Waals surface area contributed by atoms with E-state index in [4.69, 9.17) is 5.73 Å². The fourth-order valence-corrected chi connectivity index (χ4v) is 1.56. The number of aromatic nitrogens is 2. The third-order valence-corrected chi connectivity index (χ3v) is 2.76. The van der Waals surface area contributed by atoms with Crippen LogP contribution in [0.15, 0.2) is 11.1 Å². The van der Waals surface area contributed by atoms with Crippen molar-refractivity contribution in [1.82, 2.24) is 9.97 Å². The lowest BCUT2D eigenvalue weighted by Crippen LogP contribution is -2.43. The van der Waals surface area contributed by atoms with Gasteiger partial charge in [0.1, 0.15) is 5.69 Å². The topological polar surface area (TPSA) is 104 Å². The van der Waals surface area contributed by atoms with Crippen LogP contribution in [-0.2, 0) is 0 Å². The molecule has 2 rings (SSSR count). The first-order valence-corrected chi connectivity index (χ1v) is 4.90. The average Bonchev–Trinajstić information content (AvgIpc) is 2.17. The molecule has 6 heteroatoms. The Morgan fingerprint density at radius 1 is 1.67 bits per heavy atom. The number of aromatic amines is 1. The molecule has 1 heterocycles. The normalized spacial score (nSPS) is 18.2. The molecule has 0 aliphatic heterocycles. The van der Waals surface area contributed by atoms with Gasteiger partial charge in [0.05, 0.1) is 11.9 Å². The maximum Gasteiger partial charge on any atom is 0.276 e. The third kappa shape index (κ3) is 1.94. The van der Waals surface area contributed by atoms with Gasteiger partial charge >= 0.3 is 0 Å². The van der Waals surface area contributed by atoms with Gasteiger partial charge in [0, 0.05) is 6.54 Å². The molecule has 6 nitrogen and oxygen atoms in total. The second kappa shape index (κ2) is 3.54. The van der Waals surface area contributed by atoms with Crippen LogP contribution in [0.2, 0.25) is 0 Å². The van der Waals surface area contributed by atoms with Crippen LogP contribution in [0.4, 0.5) is 11.5 Å². The van der Waals surface area contributed by atoms with Crippen molar-refractivity contribution in [2.45, 2.75) is 24.9 Å². The summed E-state index contributed by atoms with van der Waals surface area (Å²) in [4.78, 5) is 17.4. The summed E-state index contributed by atoms with van der Waals surface area (Å²) < 4.78 is 0. The van der Waals surface area contributed by atoms with E-state index in [0.29, 0.717) is 12.4 Å². The molecule has 0 atom stereocenters. The molecule has 5 N–H and O–H groups in total. The van der Waals surface area contributed by atoms with Crippen molar-refractivity contribution in [1.29, 1.82) is 0 Å². The molecule has 0 aromatic carbocycles. The summed E-state index contributed by atoms with van der Waals surface area (Å²) in [7, 11) is 0. The quantitative estimate of drug-likeness (QED) is 0.547. The summed E-state index contributed by atoms with van der Waals surface area (Å²) in [5, 5.41) is 12.7. The third-order valence-electron chi connectivity index (χ3n) is 2.76. The molecule has 15 heavy (non-hydrogen) atoms. The molecular weight excluding hydrogens is 196 g/mol. The van der Waals surface area contributed by atoms with Crippen molar-refractivity contribution in [2.24, 2.45) is 0 Å². The average molecular weight is 210 g/mol. The fourth-order valence-electron chi connectivity index (χ4n) is 1.56. The zero-order valence-electron chi connectivity index (χ0n) is 8.29. The Morgan fingerprint density at radius 2 is 2.40 bits per heavy atom. The van der Waals surface area contributed by atoms with Crippen LogP contribution in [0, 0.1) is 0 Å². The lowest BCUT2D eigenvalue weighted by atomic mass is 9.80. The molecule has 1 aliphatic rings. The first-order valence-electron chi connectivity index (χ1n) is 4.90. The fraction of sp³-hybridized carbons (Fsp3) is 0.556. The summed E-state index contributed by atoms with van der Waals surface area (Å²) in [6.45, 7) is 0.383. The van der Waals surface area contributed by atoms with Gasteiger partial charge in [-0.2, -0.15) is 0 Å². The standard InChI is InChI=1S/C9H14N4O2/c10-6-7(12-5-13-8(6)14)11-4-9(15)2-1-3-9/h5,15H,1-4,10H2,(H2,11,12,13,14). The maximum absolute atomic E-state index is 11.1. The van der Waals surface area contributed by atoms with Crippen LogP contribution in [-0.4, -0.2) is 27.2 Å². The first-order chi connectivity index (χ1) is 7.11. The molecule has 0 radical (unpaired) electrons. The number of nitrogens with one attached hydrogen (secondary N) is 2. The number of nitrogen functional groups attached to an aromatic ring is 1. The van der Waals surface area contributed by atoms with E-state index in [1.807, 2.05) is 0 Å². The molecule has 1 fully saturated rings. The van der Waals surface area contributed by atoms with Gasteiger partial charge in [0.2, 0.25) is 0 Å². The number of hydrogen-bond acceptors (Lipinski definition) is 5. The number of aliphatic hydroxyl groups is 1. The van der Waals surface area contributed by atoms with Gasteiger partial charge in [0.25, 0.3) is 5.56 Å². The minimum absolute atomic E-state index is 0.0559. The summed E-state index contributed by atoms with van der Waals surface area (Å²) in [6.07, 6.45) is 3.88. The van der Waals surface area contributed by atoms with Gasteiger partial charge in [-0.25, -0.2) is 4.98 Å². The van der Waals surface area contributed by atoms with E-state index in [0.717, 1.165) is 19.3 Å². The van der Waals surface area contributed by atoms with Gasteiger partial charge in [-0.1, -0.05) is 0 Å². The summed E-state index contributed by atoms with van der Waals surface area (Å²) in [6, 6.07) is 0. The summed E-state index contributed by atoms with van der Waals surface area (Å²) in [5.74, 6) is 0.332. The molecule has 0 spiro atoms. The Balaban J connectivity index is 2.05. The second-order valence-electron chi connectivity index (χ2n) is 3.93. The Kier molecular flexibility index (Phi) is 2.36. The molecule has 1 saturated carbocycles. The van der Waals surface area contributed by atoms with Crippen LogP contribution >= 0.6 is 0 Å². The largest absolute Gasteiger partial charge is 0.391 e. The number of anilines is 2. The van der Waals surface area contributed by atoms with Crippen molar-refractivity contribution in [2.75, 3.05) is 17.6 Å². The lowest BCUT2D eigenvalue weighted by molar-refractivity contribution is -0.0202. The van der Waals surface area contributed by atoms with E-state index in [1.54, 1.807) is 0 Å². The Hall–Kier alpha value is -1.56. The zero-order valence-corrected chi connectivity index (χ0v) is 8.29. The van der Waals surface area contributed by atoms with Gasteiger partial charge < -0.3 is 21.1 Å². The van der Waals surface area contributed by atoms with Gasteiger partial charge in [-0.3, -0.25) is 4.79 Å². The van der Waals surface area contributed by atoms with E-state index in [9.17, 15) is 9.90 Å². The minimum Gasteiger partial charge on any atom is -0.391 e. The molecule has 0 saturated heterocycles. The Labute approximate surface area is 86.5 Å². The number of nitrogens with zero attached hydrogens (tertiary/aromatic N) is 1. The summed E-state index contributed by atoms with van der Waals surface area (Å²) in [5.41, 5.74) is 4.55. The summed E-state index contributed by atoms with van der Waals surface area (Å²) >= 11 is 0. The molecule has 0 bridgehead atoms. The number of H-pyrrole nitrogens is 1. The van der Waals surface area contributed by atoms with E-state index in [1.165, 1.54) is 6.33 Å². The molecule has 82 valence electrons. The van der Waals surface area contributed by atoms with E-state index < -0.39 is 5.60 Å². The second-order valence-corrected chi connectivity index (χ2v) is 3.93. The van der Waals surface area contributed by atoms with Crippen molar-refractivity contribution in [3.63, 3.8) is 0 Å². The molecule has 1 aromatic rings. The Morgan fingerprint density at radius 3 is 3.00 bits per heavy atom. The lowest BCUT2D eigenvalue weighted by Gasteiger charge is -2.36. The molecular formula is C9H14N4O2. The highest BCUT2D eigenvalue weighted by atomic mass is 16.3. The first kappa shape index (κ1) is 9.97. The number of nitrogens with two attached hydrogens (primary N) is 1. The highest BCUT2D eigenvalue weighted by Gasteiger charge is 2.34. The molecule has 0 amide bonds. The highest BCUT2D eigenvalue weighted by Crippen LogP contribution is 2.31.